The molecule has 0 bridgehead atoms. The molecule has 0 heterocycles. The fourth-order valence-electron chi connectivity index (χ4n) is 6.56. The van der Waals surface area contributed by atoms with Crippen LogP contribution in [0.1, 0.15) is 47.1 Å². The molecule has 0 fully saturated rings. The Kier molecular flexibility index (Phi) is 5.20. The Hall–Kier alpha value is -2.68. The average Bonchev–Trinajstić information content (AvgIpc) is 2.73. The maximum absolute atomic E-state index is 6.54. The summed E-state index contributed by atoms with van der Waals surface area (Å²) in [4.78, 5) is 0. The molecule has 0 aliphatic heterocycles. The minimum Gasteiger partial charge on any atom is -0.414 e. The normalized spacial score (nSPS) is 13.4. The molecule has 0 atom stereocenters. The topological polar surface area (TPSA) is 9.23 Å². The molecule has 5 rings (SSSR count). The Bertz CT molecular complexity index is 1550. The van der Waals surface area contributed by atoms with Crippen LogP contribution < -0.4 is 5.19 Å². The molecule has 0 aliphatic rings. The molecule has 0 spiro atoms. The molecule has 1 nitrogen and oxygen atoms in total. The van der Waals surface area contributed by atoms with Gasteiger partial charge in [0.05, 0.1) is 0 Å². The van der Waals surface area contributed by atoms with E-state index in [0.29, 0.717) is 0 Å². The highest BCUT2D eigenvalue weighted by Crippen LogP contribution is 2.51. The quantitative estimate of drug-likeness (QED) is 0.187. The molecule has 0 amide bonds. The van der Waals surface area contributed by atoms with E-state index >= 15 is 0 Å². The summed E-state index contributed by atoms with van der Waals surface area (Å²) < 4.78 is 6.54. The summed E-state index contributed by atoms with van der Waals surface area (Å²) in [6.07, 6.45) is 0. The third kappa shape index (κ3) is 3.47. The van der Waals surface area contributed by atoms with Gasteiger partial charge in [-0.25, -0.2) is 0 Å². The first-order chi connectivity index (χ1) is 15.9. The van der Waals surface area contributed by atoms with E-state index in [0.717, 1.165) is 0 Å². The number of hydrogen-bond acceptors (Lipinski definition) is 1. The van der Waals surface area contributed by atoms with Crippen molar-refractivity contribution in [2.24, 2.45) is 0 Å². The van der Waals surface area contributed by atoms with Crippen LogP contribution in [0.4, 0.5) is 0 Å². The summed E-state index contributed by atoms with van der Waals surface area (Å²) >= 11 is 0. The first-order valence-electron chi connectivity index (χ1n) is 12.3. The zero-order valence-electron chi connectivity index (χ0n) is 21.8. The number of benzene rings is 5. The molecule has 174 valence electrons. The molecule has 5 aromatic carbocycles. The summed E-state index contributed by atoms with van der Waals surface area (Å²) in [5.41, 5.74) is 1.30. The minimum absolute atomic E-state index is 0.0694. The van der Waals surface area contributed by atoms with Gasteiger partial charge in [-0.1, -0.05) is 83.5 Å². The highest BCUT2D eigenvalue weighted by Gasteiger charge is 2.55. The van der Waals surface area contributed by atoms with Crippen molar-refractivity contribution >= 4 is 56.6 Å². The van der Waals surface area contributed by atoms with E-state index in [-0.39, 0.29) is 10.1 Å². The van der Waals surface area contributed by atoms with E-state index in [1.54, 1.807) is 0 Å². The smallest absolute Gasteiger partial charge is 0.234 e. The lowest BCUT2D eigenvalue weighted by Gasteiger charge is -2.50. The largest absolute Gasteiger partial charge is 0.414 e. The van der Waals surface area contributed by atoms with Crippen LogP contribution in [0.15, 0.2) is 72.8 Å². The van der Waals surface area contributed by atoms with Crippen LogP contribution >= 0.6 is 0 Å². The number of hydrogen-bond donors (Lipinski definition) is 0. The van der Waals surface area contributed by atoms with Gasteiger partial charge in [-0.15, -0.1) is 0 Å². The molecular formula is C32H36OSi. The van der Waals surface area contributed by atoms with Crippen molar-refractivity contribution < 1.29 is 4.43 Å². The molecule has 2 heteroatoms. The number of fused-ring (bicyclic) bond motifs is 4. The predicted octanol–water partition coefficient (Wildman–Crippen LogP) is 9.01. The van der Waals surface area contributed by atoms with Crippen molar-refractivity contribution in [3.63, 3.8) is 0 Å². The highest BCUT2D eigenvalue weighted by atomic mass is 28.4. The second-order valence-corrected chi connectivity index (χ2v) is 17.4. The Morgan fingerprint density at radius 2 is 0.882 bits per heavy atom. The van der Waals surface area contributed by atoms with E-state index < -0.39 is 8.32 Å². The van der Waals surface area contributed by atoms with Gasteiger partial charge in [0.15, 0.2) is 0 Å². The van der Waals surface area contributed by atoms with Crippen molar-refractivity contribution in [3.05, 3.63) is 78.4 Å². The number of aryl methyl sites for hydroxylation is 1. The van der Waals surface area contributed by atoms with Gasteiger partial charge in [0, 0.05) is 7.11 Å². The van der Waals surface area contributed by atoms with Gasteiger partial charge in [0.2, 0.25) is 8.32 Å². The first kappa shape index (κ1) is 23.1. The molecule has 0 aliphatic carbocycles. The van der Waals surface area contributed by atoms with Gasteiger partial charge in [0.25, 0.3) is 0 Å². The van der Waals surface area contributed by atoms with Crippen LogP contribution in [0.25, 0.3) is 43.1 Å². The van der Waals surface area contributed by atoms with Crippen LogP contribution in [-0.4, -0.2) is 15.4 Å². The van der Waals surface area contributed by atoms with Crippen LogP contribution in [0.5, 0.6) is 0 Å². The molecular weight excluding hydrogens is 428 g/mol. The molecule has 5 aromatic rings. The zero-order chi connectivity index (χ0) is 24.5. The van der Waals surface area contributed by atoms with Crippen molar-refractivity contribution in [1.82, 2.24) is 0 Å². The Balaban J connectivity index is 1.75. The van der Waals surface area contributed by atoms with E-state index in [1.165, 1.54) is 53.8 Å². The summed E-state index contributed by atoms with van der Waals surface area (Å²) in [6.45, 7) is 16.2. The fourth-order valence-corrected chi connectivity index (χ4v) is 12.7. The third-order valence-corrected chi connectivity index (χ3v) is 13.6. The van der Waals surface area contributed by atoms with Gasteiger partial charge in [-0.05, 0) is 102 Å². The van der Waals surface area contributed by atoms with E-state index in [2.05, 4.69) is 121 Å². The van der Waals surface area contributed by atoms with E-state index in [9.17, 15) is 0 Å². The van der Waals surface area contributed by atoms with Crippen LogP contribution in [0, 0.1) is 6.92 Å². The van der Waals surface area contributed by atoms with Gasteiger partial charge in [-0.2, -0.15) is 0 Å². The zero-order valence-corrected chi connectivity index (χ0v) is 22.8. The summed E-state index contributed by atoms with van der Waals surface area (Å²) in [5, 5.41) is 11.9. The van der Waals surface area contributed by atoms with Crippen molar-refractivity contribution in [2.45, 2.75) is 58.5 Å². The maximum atomic E-state index is 6.54. The third-order valence-electron chi connectivity index (χ3n) is 7.69. The average molecular weight is 465 g/mol. The fraction of sp³-hybridized carbons (Fsp3) is 0.312. The van der Waals surface area contributed by atoms with Crippen molar-refractivity contribution in [1.29, 1.82) is 0 Å². The minimum atomic E-state index is -2.31. The standard InChI is InChI=1S/C32H36OSi/c1-21-9-10-22-14-25-17-26-15-23-11-12-30(34(33-8,31(2,3)4)32(5,6)7)20-29(23)19-28(26)18-27(25)16-24(22)13-21/h9-20H,1-8H3. The first-order valence-corrected chi connectivity index (χ1v) is 14.2. The summed E-state index contributed by atoms with van der Waals surface area (Å²) in [6, 6.07) is 27.8. The summed E-state index contributed by atoms with van der Waals surface area (Å²) in [7, 11) is -0.391. The van der Waals surface area contributed by atoms with Gasteiger partial charge in [-0.3, -0.25) is 0 Å². The Morgan fingerprint density at radius 1 is 0.500 bits per heavy atom. The summed E-state index contributed by atoms with van der Waals surface area (Å²) in [5.74, 6) is 0. The molecule has 0 aromatic heterocycles. The predicted molar refractivity (Wildman–Crippen MR) is 153 cm³/mol. The highest BCUT2D eigenvalue weighted by molar-refractivity contribution is 6.91. The SMILES string of the molecule is CO[Si](c1ccc2cc3cc4cc5ccc(C)cc5cc4cc3cc2c1)(C(C)(C)C)C(C)(C)C. The van der Waals surface area contributed by atoms with Crippen LogP contribution in [0.3, 0.4) is 0 Å². The lowest BCUT2D eigenvalue weighted by molar-refractivity contribution is 0.341. The maximum Gasteiger partial charge on any atom is 0.234 e. The molecule has 0 N–H and O–H groups in total. The second-order valence-electron chi connectivity index (χ2n) is 12.0. The second kappa shape index (κ2) is 7.66. The van der Waals surface area contributed by atoms with Crippen LogP contribution in [0.2, 0.25) is 10.1 Å². The van der Waals surface area contributed by atoms with Gasteiger partial charge >= 0.3 is 0 Å². The Labute approximate surface area is 204 Å². The lowest BCUT2D eigenvalue weighted by atomic mass is 9.97. The van der Waals surface area contributed by atoms with Crippen molar-refractivity contribution in [3.8, 4) is 0 Å². The van der Waals surface area contributed by atoms with Gasteiger partial charge in [0.1, 0.15) is 0 Å². The van der Waals surface area contributed by atoms with Gasteiger partial charge < -0.3 is 4.43 Å². The molecule has 0 saturated carbocycles. The van der Waals surface area contributed by atoms with Crippen molar-refractivity contribution in [2.75, 3.05) is 7.11 Å². The molecule has 0 radical (unpaired) electrons. The Morgan fingerprint density at radius 3 is 1.32 bits per heavy atom. The molecule has 0 saturated heterocycles. The van der Waals surface area contributed by atoms with E-state index in [4.69, 9.17) is 4.43 Å². The molecule has 0 unspecified atom stereocenters. The lowest BCUT2D eigenvalue weighted by Crippen LogP contribution is -2.63. The molecule has 34 heavy (non-hydrogen) atoms. The monoisotopic (exact) mass is 464 g/mol. The van der Waals surface area contributed by atoms with E-state index in [1.807, 2.05) is 7.11 Å². The van der Waals surface area contributed by atoms with Crippen LogP contribution in [-0.2, 0) is 4.43 Å². The number of rotatable bonds is 2.